The highest BCUT2D eigenvalue weighted by atomic mass is 32.1. The van der Waals surface area contributed by atoms with E-state index in [1.165, 1.54) is 49.9 Å². The predicted molar refractivity (Wildman–Crippen MR) is 85.6 cm³/mol. The summed E-state index contributed by atoms with van der Waals surface area (Å²) in [6.45, 7) is 2.85. The number of thiophene rings is 1. The number of rotatable bonds is 2. The van der Waals surface area contributed by atoms with E-state index in [9.17, 15) is 0 Å². The lowest BCUT2D eigenvalue weighted by molar-refractivity contribution is 0.0555. The number of nitrogens with zero attached hydrogens (tertiary/aromatic N) is 1. The van der Waals surface area contributed by atoms with E-state index in [1.54, 1.807) is 0 Å². The fourth-order valence-electron chi connectivity index (χ4n) is 3.81. The van der Waals surface area contributed by atoms with Crippen molar-refractivity contribution in [3.63, 3.8) is 0 Å². The summed E-state index contributed by atoms with van der Waals surface area (Å²) in [6.07, 6.45) is 8.59. The Hall–Kier alpha value is -0.820. The molecule has 20 heavy (non-hydrogen) atoms. The number of likely N-dealkylation sites (tertiary alicyclic amines) is 1. The summed E-state index contributed by atoms with van der Waals surface area (Å²) in [5.41, 5.74) is 6.56. The van der Waals surface area contributed by atoms with Crippen molar-refractivity contribution in [3.8, 4) is 11.8 Å². The lowest BCUT2D eigenvalue weighted by atomic mass is 9.78. The van der Waals surface area contributed by atoms with Gasteiger partial charge in [0, 0.05) is 28.4 Å². The summed E-state index contributed by atoms with van der Waals surface area (Å²) in [4.78, 5) is 4.19. The van der Waals surface area contributed by atoms with E-state index in [2.05, 4.69) is 28.2 Å². The Balaban J connectivity index is 1.65. The molecule has 2 unspecified atom stereocenters. The van der Waals surface area contributed by atoms with E-state index in [-0.39, 0.29) is 0 Å². The molecule has 3 rings (SSSR count). The Bertz CT molecular complexity index is 495. The van der Waals surface area contributed by atoms with Crippen molar-refractivity contribution in [1.29, 1.82) is 0 Å². The second kappa shape index (κ2) is 6.76. The second-order valence-corrected chi connectivity index (χ2v) is 7.03. The zero-order chi connectivity index (χ0) is 13.8. The maximum absolute atomic E-state index is 5.43. The summed E-state index contributed by atoms with van der Waals surface area (Å²) < 4.78 is 0. The molecule has 0 spiro atoms. The van der Waals surface area contributed by atoms with Crippen molar-refractivity contribution in [3.05, 3.63) is 21.9 Å². The molecule has 0 aromatic carbocycles. The highest BCUT2D eigenvalue weighted by Gasteiger charge is 2.33. The van der Waals surface area contributed by atoms with E-state index in [1.807, 2.05) is 11.3 Å². The number of hydrogen-bond donors (Lipinski definition) is 1. The minimum absolute atomic E-state index is 0.445. The van der Waals surface area contributed by atoms with Gasteiger partial charge in [-0.1, -0.05) is 24.7 Å². The van der Waals surface area contributed by atoms with Crippen LogP contribution in [0.25, 0.3) is 0 Å². The molecule has 2 heterocycles. The zero-order valence-corrected chi connectivity index (χ0v) is 12.9. The third-order valence-electron chi connectivity index (χ3n) is 4.71. The number of hydrogen-bond acceptors (Lipinski definition) is 3. The molecule has 0 bridgehead atoms. The Morgan fingerprint density at radius 1 is 1.25 bits per heavy atom. The van der Waals surface area contributed by atoms with Crippen molar-refractivity contribution in [2.75, 3.05) is 13.1 Å². The molecule has 108 valence electrons. The van der Waals surface area contributed by atoms with Gasteiger partial charge in [-0.2, -0.15) is 0 Å². The largest absolute Gasteiger partial charge is 0.320 e. The van der Waals surface area contributed by atoms with Crippen LogP contribution in [0, 0.1) is 17.8 Å². The molecule has 2 N–H and O–H groups in total. The average molecular weight is 288 g/mol. The minimum Gasteiger partial charge on any atom is -0.320 e. The lowest BCUT2D eigenvalue weighted by Crippen LogP contribution is -2.46. The van der Waals surface area contributed by atoms with Crippen LogP contribution in [0.3, 0.4) is 0 Å². The van der Waals surface area contributed by atoms with Crippen LogP contribution >= 0.6 is 11.3 Å². The maximum Gasteiger partial charge on any atom is 0.0555 e. The van der Waals surface area contributed by atoms with Crippen LogP contribution in [0.2, 0.25) is 0 Å². The lowest BCUT2D eigenvalue weighted by Gasteiger charge is -2.44. The number of nitrogens with two attached hydrogens (primary N) is 1. The molecule has 0 radical (unpaired) electrons. The van der Waals surface area contributed by atoms with Gasteiger partial charge in [0.15, 0.2) is 0 Å². The van der Waals surface area contributed by atoms with Gasteiger partial charge in [0.1, 0.15) is 0 Å². The molecular formula is C17H24N2S. The molecule has 2 atom stereocenters. The standard InChI is InChI=1S/C17H24N2S/c18-9-3-5-14-11-16(20-13-14)12-19-10-4-7-15-6-1-2-8-17(15)19/h11,13,15,17H,1-2,4,6-10,12,18H2. The highest BCUT2D eigenvalue weighted by molar-refractivity contribution is 7.10. The minimum atomic E-state index is 0.445. The molecule has 1 aromatic heterocycles. The third-order valence-corrected chi connectivity index (χ3v) is 5.63. The summed E-state index contributed by atoms with van der Waals surface area (Å²) in [5.74, 6) is 7.04. The first-order valence-electron chi connectivity index (χ1n) is 7.87. The van der Waals surface area contributed by atoms with E-state index in [4.69, 9.17) is 5.73 Å². The van der Waals surface area contributed by atoms with Crippen LogP contribution in [0.4, 0.5) is 0 Å². The van der Waals surface area contributed by atoms with Gasteiger partial charge in [0.05, 0.1) is 6.54 Å². The Morgan fingerprint density at radius 3 is 3.00 bits per heavy atom. The van der Waals surface area contributed by atoms with E-state index in [0.29, 0.717) is 6.54 Å². The topological polar surface area (TPSA) is 29.3 Å². The second-order valence-electron chi connectivity index (χ2n) is 6.03. The van der Waals surface area contributed by atoms with Gasteiger partial charge in [0.25, 0.3) is 0 Å². The van der Waals surface area contributed by atoms with Crippen LogP contribution in [0.5, 0.6) is 0 Å². The van der Waals surface area contributed by atoms with E-state index >= 15 is 0 Å². The molecule has 1 aliphatic heterocycles. The number of piperidine rings is 1. The van der Waals surface area contributed by atoms with Crippen molar-refractivity contribution in [1.82, 2.24) is 4.90 Å². The van der Waals surface area contributed by atoms with E-state index in [0.717, 1.165) is 24.1 Å². The van der Waals surface area contributed by atoms with Gasteiger partial charge in [-0.05, 0) is 44.2 Å². The first-order chi connectivity index (χ1) is 9.86. The fourth-order valence-corrected chi connectivity index (χ4v) is 4.65. The molecule has 1 saturated carbocycles. The van der Waals surface area contributed by atoms with Crippen LogP contribution in [0.1, 0.15) is 49.0 Å². The van der Waals surface area contributed by atoms with Crippen LogP contribution in [0.15, 0.2) is 11.4 Å². The average Bonchev–Trinajstić information content (AvgIpc) is 2.93. The van der Waals surface area contributed by atoms with Gasteiger partial charge < -0.3 is 5.73 Å². The van der Waals surface area contributed by atoms with Crippen LogP contribution in [-0.4, -0.2) is 24.0 Å². The van der Waals surface area contributed by atoms with Crippen molar-refractivity contribution < 1.29 is 0 Å². The Kier molecular flexibility index (Phi) is 4.77. The SMILES string of the molecule is NCC#Cc1csc(CN2CCCC3CCCCC32)c1. The van der Waals surface area contributed by atoms with Gasteiger partial charge in [0.2, 0.25) is 0 Å². The first kappa shape index (κ1) is 14.1. The Morgan fingerprint density at radius 2 is 2.10 bits per heavy atom. The normalized spacial score (nSPS) is 26.6. The molecule has 3 heteroatoms. The van der Waals surface area contributed by atoms with Crippen molar-refractivity contribution in [2.45, 2.75) is 51.1 Å². The summed E-state index contributed by atoms with van der Waals surface area (Å²) in [6, 6.07) is 3.10. The summed E-state index contributed by atoms with van der Waals surface area (Å²) in [5, 5.41) is 2.17. The molecule has 1 aliphatic carbocycles. The van der Waals surface area contributed by atoms with Gasteiger partial charge in [-0.25, -0.2) is 0 Å². The number of fused-ring (bicyclic) bond motifs is 1. The van der Waals surface area contributed by atoms with Gasteiger partial charge in [-0.3, -0.25) is 4.90 Å². The highest BCUT2D eigenvalue weighted by Crippen LogP contribution is 2.36. The van der Waals surface area contributed by atoms with Gasteiger partial charge in [-0.15, -0.1) is 11.3 Å². The molecule has 0 amide bonds. The van der Waals surface area contributed by atoms with Crippen molar-refractivity contribution >= 4 is 11.3 Å². The van der Waals surface area contributed by atoms with Crippen LogP contribution in [-0.2, 0) is 6.54 Å². The molecule has 2 fully saturated rings. The molecular weight excluding hydrogens is 264 g/mol. The van der Waals surface area contributed by atoms with Crippen molar-refractivity contribution in [2.24, 2.45) is 11.7 Å². The van der Waals surface area contributed by atoms with Crippen LogP contribution < -0.4 is 5.73 Å². The summed E-state index contributed by atoms with van der Waals surface area (Å²) >= 11 is 1.85. The molecule has 2 nitrogen and oxygen atoms in total. The third kappa shape index (κ3) is 3.25. The molecule has 2 aliphatic rings. The fraction of sp³-hybridized carbons (Fsp3) is 0.647. The zero-order valence-electron chi connectivity index (χ0n) is 12.1. The first-order valence-corrected chi connectivity index (χ1v) is 8.75. The molecule has 1 saturated heterocycles. The maximum atomic E-state index is 5.43. The monoisotopic (exact) mass is 288 g/mol. The summed E-state index contributed by atoms with van der Waals surface area (Å²) in [7, 11) is 0. The Labute approximate surface area is 126 Å². The predicted octanol–water partition coefficient (Wildman–Crippen LogP) is 3.21. The van der Waals surface area contributed by atoms with E-state index < -0.39 is 0 Å². The molecule has 1 aromatic rings. The quantitative estimate of drug-likeness (QED) is 0.847. The smallest absolute Gasteiger partial charge is 0.0555 e. The van der Waals surface area contributed by atoms with Gasteiger partial charge >= 0.3 is 0 Å².